The first-order valence-corrected chi connectivity index (χ1v) is 13.4. The molecule has 0 aliphatic heterocycles. The summed E-state index contributed by atoms with van der Waals surface area (Å²) >= 11 is 0. The van der Waals surface area contributed by atoms with Crippen LogP contribution in [0.1, 0.15) is 71.1 Å². The number of hydrogen-bond acceptors (Lipinski definition) is 1. The van der Waals surface area contributed by atoms with Crippen molar-refractivity contribution in [1.29, 1.82) is 0 Å². The molecule has 0 aromatic heterocycles. The molecule has 2 saturated carbocycles. The second kappa shape index (κ2) is 12.0. The number of rotatable bonds is 8. The lowest BCUT2D eigenvalue weighted by atomic mass is 9.78. The summed E-state index contributed by atoms with van der Waals surface area (Å²) in [4.78, 5) is 0. The summed E-state index contributed by atoms with van der Waals surface area (Å²) in [6.45, 7) is 2.23. The molecule has 2 aromatic rings. The molecule has 0 bridgehead atoms. The van der Waals surface area contributed by atoms with E-state index in [0.29, 0.717) is 43.7 Å². The van der Waals surface area contributed by atoms with Crippen LogP contribution in [0.2, 0.25) is 0 Å². The van der Waals surface area contributed by atoms with Crippen LogP contribution < -0.4 is 4.74 Å². The first-order chi connectivity index (χ1) is 17.7. The van der Waals surface area contributed by atoms with Gasteiger partial charge in [0, 0.05) is 11.6 Å². The van der Waals surface area contributed by atoms with Gasteiger partial charge in [0.15, 0.2) is 17.5 Å². The zero-order valence-corrected chi connectivity index (χ0v) is 21.1. The summed E-state index contributed by atoms with van der Waals surface area (Å²) in [6, 6.07) is 4.26. The predicted molar refractivity (Wildman–Crippen MR) is 132 cm³/mol. The van der Waals surface area contributed by atoms with E-state index in [1.807, 2.05) is 0 Å². The van der Waals surface area contributed by atoms with Crippen molar-refractivity contribution in [1.82, 2.24) is 0 Å². The number of ether oxygens (including phenoxy) is 1. The molecule has 0 amide bonds. The van der Waals surface area contributed by atoms with Gasteiger partial charge in [0.2, 0.25) is 0 Å². The second-order valence-electron chi connectivity index (χ2n) is 10.6. The molecule has 0 N–H and O–H groups in total. The normalized spacial score (nSPS) is 24.9. The number of hydrogen-bond donors (Lipinski definition) is 0. The van der Waals surface area contributed by atoms with Crippen LogP contribution in [0.5, 0.6) is 5.75 Å². The van der Waals surface area contributed by atoms with E-state index < -0.39 is 35.3 Å². The van der Waals surface area contributed by atoms with Gasteiger partial charge in [0.05, 0.1) is 5.92 Å². The van der Waals surface area contributed by atoms with Crippen LogP contribution >= 0.6 is 0 Å². The summed E-state index contributed by atoms with van der Waals surface area (Å²) in [5.74, 6) is -5.23. The van der Waals surface area contributed by atoms with Crippen LogP contribution in [-0.4, -0.2) is 6.11 Å². The molecule has 2 aromatic carbocycles. The van der Waals surface area contributed by atoms with Crippen molar-refractivity contribution in [2.45, 2.75) is 77.2 Å². The fourth-order valence-corrected chi connectivity index (χ4v) is 5.78. The molecule has 37 heavy (non-hydrogen) atoms. The molecule has 4 rings (SSSR count). The molecule has 1 nitrogen and oxygen atoms in total. The topological polar surface area (TPSA) is 9.23 Å². The van der Waals surface area contributed by atoms with Crippen molar-refractivity contribution in [2.24, 2.45) is 23.7 Å². The quantitative estimate of drug-likeness (QED) is 0.190. The van der Waals surface area contributed by atoms with Gasteiger partial charge in [0.1, 0.15) is 11.6 Å². The second-order valence-corrected chi connectivity index (χ2v) is 10.6. The van der Waals surface area contributed by atoms with Gasteiger partial charge >= 0.3 is 6.11 Å². The van der Waals surface area contributed by atoms with Crippen molar-refractivity contribution in [3.05, 3.63) is 65.8 Å². The maximum Gasteiger partial charge on any atom is 0.400 e. The molecule has 0 heterocycles. The average Bonchev–Trinajstić information content (AvgIpc) is 2.87. The van der Waals surface area contributed by atoms with E-state index in [9.17, 15) is 26.3 Å². The molecule has 2 aliphatic carbocycles. The van der Waals surface area contributed by atoms with E-state index in [1.54, 1.807) is 0 Å². The highest BCUT2D eigenvalue weighted by atomic mass is 19.3. The van der Waals surface area contributed by atoms with Gasteiger partial charge in [-0.15, -0.1) is 0 Å². The number of alkyl halides is 2. The molecule has 0 radical (unpaired) electrons. The molecular formula is C30H34F6O. The van der Waals surface area contributed by atoms with E-state index in [2.05, 4.69) is 19.1 Å². The Morgan fingerprint density at radius 3 is 1.89 bits per heavy atom. The molecule has 2 fully saturated rings. The van der Waals surface area contributed by atoms with Gasteiger partial charge in [-0.05, 0) is 98.9 Å². The summed E-state index contributed by atoms with van der Waals surface area (Å²) in [7, 11) is 0. The SMILES string of the molecule is CCCC1CCC(/C=C/C2CCC(C(F)(F)Oc3ccc(-c4cc(F)c(F)c(F)c4)c(F)c3)CC2)CC1. The van der Waals surface area contributed by atoms with Crippen molar-refractivity contribution in [3.8, 4) is 16.9 Å². The van der Waals surface area contributed by atoms with Crippen LogP contribution in [0.4, 0.5) is 26.3 Å². The highest BCUT2D eigenvalue weighted by molar-refractivity contribution is 5.65. The van der Waals surface area contributed by atoms with E-state index in [4.69, 9.17) is 4.74 Å². The van der Waals surface area contributed by atoms with Crippen molar-refractivity contribution < 1.29 is 31.1 Å². The first-order valence-electron chi connectivity index (χ1n) is 13.4. The van der Waals surface area contributed by atoms with Crippen LogP contribution in [0.25, 0.3) is 11.1 Å². The van der Waals surface area contributed by atoms with Crippen molar-refractivity contribution in [2.75, 3.05) is 0 Å². The Balaban J connectivity index is 1.31. The molecule has 7 heteroatoms. The number of allylic oxidation sites excluding steroid dienone is 2. The summed E-state index contributed by atoms with van der Waals surface area (Å²) < 4.78 is 89.5. The lowest BCUT2D eigenvalue weighted by Gasteiger charge is -2.32. The smallest absolute Gasteiger partial charge is 0.400 e. The fraction of sp³-hybridized carbons (Fsp3) is 0.533. The summed E-state index contributed by atoms with van der Waals surface area (Å²) in [5.41, 5.74) is -0.493. The van der Waals surface area contributed by atoms with Gasteiger partial charge in [0.25, 0.3) is 0 Å². The highest BCUT2D eigenvalue weighted by Gasteiger charge is 2.43. The van der Waals surface area contributed by atoms with Gasteiger partial charge in [-0.3, -0.25) is 0 Å². The lowest BCUT2D eigenvalue weighted by molar-refractivity contribution is -0.223. The standard InChI is InChI=1S/C30H34F6O/c1-2-3-19-4-6-20(7-5-19)8-9-21-10-12-23(13-11-21)30(35,36)37-24-14-15-25(26(31)18-24)22-16-27(32)29(34)28(33)17-22/h8-9,14-21,23H,2-7,10-13H2,1H3/b9-8+. The maximum atomic E-state index is 14.9. The van der Waals surface area contributed by atoms with Gasteiger partial charge in [-0.25, -0.2) is 17.6 Å². The largest absolute Gasteiger partial charge is 0.432 e. The fourth-order valence-electron chi connectivity index (χ4n) is 5.78. The molecule has 202 valence electrons. The Kier molecular flexibility index (Phi) is 8.91. The monoisotopic (exact) mass is 524 g/mol. The maximum absolute atomic E-state index is 14.9. The Labute approximate surface area is 214 Å². The molecule has 0 atom stereocenters. The van der Waals surface area contributed by atoms with Crippen LogP contribution in [0.15, 0.2) is 42.5 Å². The average molecular weight is 525 g/mol. The molecule has 0 unspecified atom stereocenters. The molecule has 2 aliphatic rings. The third-order valence-electron chi connectivity index (χ3n) is 7.98. The minimum Gasteiger partial charge on any atom is -0.432 e. The zero-order chi connectivity index (χ0) is 26.6. The van der Waals surface area contributed by atoms with Crippen LogP contribution in [0, 0.1) is 46.9 Å². The number of halogens is 6. The minimum absolute atomic E-state index is 0.243. The molecule has 0 saturated heterocycles. The Hall–Kier alpha value is -2.44. The zero-order valence-electron chi connectivity index (χ0n) is 21.1. The minimum atomic E-state index is -3.48. The van der Waals surface area contributed by atoms with E-state index in [-0.39, 0.29) is 22.8 Å². The Morgan fingerprint density at radius 1 is 0.784 bits per heavy atom. The first kappa shape index (κ1) is 27.6. The highest BCUT2D eigenvalue weighted by Crippen LogP contribution is 2.41. The third-order valence-corrected chi connectivity index (χ3v) is 7.98. The Bertz CT molecular complexity index is 1060. The van der Waals surface area contributed by atoms with Crippen LogP contribution in [0.3, 0.4) is 0 Å². The summed E-state index contributed by atoms with van der Waals surface area (Å²) in [6.07, 6.45) is 10.5. The number of benzene rings is 2. The van der Waals surface area contributed by atoms with E-state index >= 15 is 0 Å². The van der Waals surface area contributed by atoms with Crippen molar-refractivity contribution >= 4 is 0 Å². The molecular weight excluding hydrogens is 490 g/mol. The van der Waals surface area contributed by atoms with Crippen LogP contribution in [-0.2, 0) is 0 Å². The lowest BCUT2D eigenvalue weighted by Crippen LogP contribution is -2.37. The van der Waals surface area contributed by atoms with Gasteiger partial charge < -0.3 is 4.74 Å². The van der Waals surface area contributed by atoms with Gasteiger partial charge in [-0.2, -0.15) is 8.78 Å². The third kappa shape index (κ3) is 6.91. The van der Waals surface area contributed by atoms with Crippen molar-refractivity contribution in [3.63, 3.8) is 0 Å². The van der Waals surface area contributed by atoms with Gasteiger partial charge in [-0.1, -0.05) is 31.9 Å². The Morgan fingerprint density at radius 2 is 1.35 bits per heavy atom. The van der Waals surface area contributed by atoms with E-state index in [0.717, 1.165) is 24.1 Å². The summed E-state index contributed by atoms with van der Waals surface area (Å²) in [5, 5.41) is 0. The molecule has 0 spiro atoms. The van der Waals surface area contributed by atoms with E-state index in [1.165, 1.54) is 38.5 Å². The predicted octanol–water partition coefficient (Wildman–Crippen LogP) is 9.85.